The summed E-state index contributed by atoms with van der Waals surface area (Å²) in [5.74, 6) is 0.944. The predicted molar refractivity (Wildman–Crippen MR) is 73.3 cm³/mol. The van der Waals surface area contributed by atoms with Crippen molar-refractivity contribution in [2.24, 2.45) is 5.92 Å². The Bertz CT molecular complexity index is 390. The van der Waals surface area contributed by atoms with Crippen LogP contribution in [-0.2, 0) is 4.79 Å². The van der Waals surface area contributed by atoms with Crippen LogP contribution < -0.4 is 5.32 Å². The fourth-order valence-electron chi connectivity index (χ4n) is 1.99. The van der Waals surface area contributed by atoms with Gasteiger partial charge in [-0.25, -0.2) is 0 Å². The van der Waals surface area contributed by atoms with E-state index in [4.69, 9.17) is 0 Å². The zero-order chi connectivity index (χ0) is 12.4. The number of alkyl halides is 1. The quantitative estimate of drug-likeness (QED) is 0.850. The predicted octanol–water partition coefficient (Wildman–Crippen LogP) is 3.08. The van der Waals surface area contributed by atoms with Crippen LogP contribution >= 0.6 is 15.9 Å². The first-order valence-electron chi connectivity index (χ1n) is 6.09. The van der Waals surface area contributed by atoms with Gasteiger partial charge >= 0.3 is 0 Å². The van der Waals surface area contributed by atoms with Gasteiger partial charge in [0.2, 0.25) is 5.91 Å². The molecule has 1 N–H and O–H groups in total. The van der Waals surface area contributed by atoms with Crippen molar-refractivity contribution in [3.63, 3.8) is 0 Å². The Morgan fingerprint density at radius 1 is 1.35 bits per heavy atom. The van der Waals surface area contributed by atoms with Gasteiger partial charge in [0.1, 0.15) is 0 Å². The number of benzene rings is 1. The molecule has 17 heavy (non-hydrogen) atoms. The molecule has 0 bridgehead atoms. The van der Waals surface area contributed by atoms with Crippen molar-refractivity contribution in [2.75, 3.05) is 0 Å². The highest BCUT2D eigenvalue weighted by Gasteiger charge is 2.40. The lowest BCUT2D eigenvalue weighted by Gasteiger charge is -2.13. The van der Waals surface area contributed by atoms with E-state index in [-0.39, 0.29) is 10.7 Å². The van der Waals surface area contributed by atoms with Crippen LogP contribution in [0.4, 0.5) is 0 Å². The normalized spacial score (nSPS) is 24.5. The molecular formula is C14H18BrNO. The Hall–Kier alpha value is -0.830. The number of carbonyl (C=O) groups excluding carboxylic acids is 1. The second kappa shape index (κ2) is 5.21. The van der Waals surface area contributed by atoms with E-state index in [0.29, 0.717) is 17.9 Å². The first-order chi connectivity index (χ1) is 8.09. The van der Waals surface area contributed by atoms with Gasteiger partial charge in [0.05, 0.1) is 4.83 Å². The van der Waals surface area contributed by atoms with Gasteiger partial charge in [-0.2, -0.15) is 0 Å². The van der Waals surface area contributed by atoms with E-state index in [1.807, 2.05) is 32.0 Å². The SMILES string of the molecule is CC(C)C(Br)C(=O)NC1CC1c1ccccc1. The Morgan fingerprint density at radius 2 is 2.00 bits per heavy atom. The highest BCUT2D eigenvalue weighted by molar-refractivity contribution is 9.10. The van der Waals surface area contributed by atoms with Crippen molar-refractivity contribution in [1.82, 2.24) is 5.32 Å². The molecule has 1 saturated carbocycles. The summed E-state index contributed by atoms with van der Waals surface area (Å²) in [6, 6.07) is 10.7. The Labute approximate surface area is 111 Å². The van der Waals surface area contributed by atoms with Gasteiger partial charge in [-0.05, 0) is 17.9 Å². The molecule has 1 aromatic carbocycles. The lowest BCUT2D eigenvalue weighted by Crippen LogP contribution is -2.35. The summed E-state index contributed by atoms with van der Waals surface area (Å²) in [7, 11) is 0. The van der Waals surface area contributed by atoms with Crippen LogP contribution in [0, 0.1) is 5.92 Å². The molecule has 0 aromatic heterocycles. The van der Waals surface area contributed by atoms with Crippen molar-refractivity contribution in [3.8, 4) is 0 Å². The smallest absolute Gasteiger partial charge is 0.234 e. The van der Waals surface area contributed by atoms with Crippen LogP contribution in [0.15, 0.2) is 30.3 Å². The summed E-state index contributed by atoms with van der Waals surface area (Å²) in [4.78, 5) is 11.8. The Kier molecular flexibility index (Phi) is 3.87. The first kappa shape index (κ1) is 12.6. The van der Waals surface area contributed by atoms with Gasteiger partial charge in [-0.3, -0.25) is 4.79 Å². The molecule has 1 amide bonds. The van der Waals surface area contributed by atoms with Crippen molar-refractivity contribution >= 4 is 21.8 Å². The van der Waals surface area contributed by atoms with E-state index in [0.717, 1.165) is 6.42 Å². The molecule has 3 atom stereocenters. The molecule has 1 aliphatic carbocycles. The minimum atomic E-state index is -0.0838. The van der Waals surface area contributed by atoms with Crippen molar-refractivity contribution in [2.45, 2.75) is 37.1 Å². The minimum absolute atomic E-state index is 0.0838. The van der Waals surface area contributed by atoms with Crippen molar-refractivity contribution in [3.05, 3.63) is 35.9 Å². The lowest BCUT2D eigenvalue weighted by atomic mass is 10.1. The average molecular weight is 296 g/mol. The average Bonchev–Trinajstić information content (AvgIpc) is 3.08. The van der Waals surface area contributed by atoms with Gasteiger partial charge in [0.25, 0.3) is 0 Å². The molecule has 2 nitrogen and oxygen atoms in total. The van der Waals surface area contributed by atoms with Gasteiger partial charge < -0.3 is 5.32 Å². The van der Waals surface area contributed by atoms with Crippen LogP contribution in [0.5, 0.6) is 0 Å². The van der Waals surface area contributed by atoms with E-state index in [1.165, 1.54) is 5.56 Å². The van der Waals surface area contributed by atoms with Gasteiger partial charge in [-0.15, -0.1) is 0 Å². The molecule has 0 heterocycles. The molecule has 1 fully saturated rings. The summed E-state index contributed by atoms with van der Waals surface area (Å²) in [5.41, 5.74) is 1.33. The summed E-state index contributed by atoms with van der Waals surface area (Å²) >= 11 is 3.43. The lowest BCUT2D eigenvalue weighted by molar-refractivity contribution is -0.121. The summed E-state index contributed by atoms with van der Waals surface area (Å²) in [6.07, 6.45) is 1.06. The van der Waals surface area contributed by atoms with Crippen LogP contribution in [-0.4, -0.2) is 16.8 Å². The number of halogens is 1. The van der Waals surface area contributed by atoms with E-state index in [2.05, 4.69) is 33.4 Å². The molecule has 0 saturated heterocycles. The topological polar surface area (TPSA) is 29.1 Å². The second-order valence-corrected chi connectivity index (χ2v) is 6.00. The molecule has 3 heteroatoms. The fraction of sp³-hybridized carbons (Fsp3) is 0.500. The zero-order valence-corrected chi connectivity index (χ0v) is 11.8. The van der Waals surface area contributed by atoms with Gasteiger partial charge in [0, 0.05) is 12.0 Å². The molecule has 3 unspecified atom stereocenters. The summed E-state index contributed by atoms with van der Waals surface area (Å²) < 4.78 is 0. The van der Waals surface area contributed by atoms with E-state index < -0.39 is 0 Å². The number of rotatable bonds is 4. The van der Waals surface area contributed by atoms with Crippen LogP contribution in [0.3, 0.4) is 0 Å². The molecule has 1 aromatic rings. The largest absolute Gasteiger partial charge is 0.352 e. The van der Waals surface area contributed by atoms with Gasteiger partial charge in [-0.1, -0.05) is 60.1 Å². The number of hydrogen-bond donors (Lipinski definition) is 1. The third kappa shape index (κ3) is 3.09. The van der Waals surface area contributed by atoms with Crippen LogP contribution in [0.2, 0.25) is 0 Å². The number of nitrogens with one attached hydrogen (secondary N) is 1. The standard InChI is InChI=1S/C14H18BrNO/c1-9(2)13(15)14(17)16-12-8-11(12)10-6-4-3-5-7-10/h3-7,9,11-13H,8H2,1-2H3,(H,16,17). The maximum absolute atomic E-state index is 11.9. The van der Waals surface area contributed by atoms with Crippen LogP contribution in [0.1, 0.15) is 31.7 Å². The summed E-state index contributed by atoms with van der Waals surface area (Å²) in [6.45, 7) is 4.08. The molecule has 0 aliphatic heterocycles. The van der Waals surface area contributed by atoms with Crippen LogP contribution in [0.25, 0.3) is 0 Å². The highest BCUT2D eigenvalue weighted by atomic mass is 79.9. The maximum atomic E-state index is 11.9. The van der Waals surface area contributed by atoms with E-state index in [1.54, 1.807) is 0 Å². The second-order valence-electron chi connectivity index (χ2n) is 5.01. The molecule has 92 valence electrons. The molecule has 1 aliphatic rings. The van der Waals surface area contributed by atoms with E-state index >= 15 is 0 Å². The number of amides is 1. The third-order valence-corrected chi connectivity index (χ3v) is 4.65. The zero-order valence-electron chi connectivity index (χ0n) is 10.2. The third-order valence-electron chi connectivity index (χ3n) is 3.18. The molecule has 2 rings (SSSR count). The number of hydrogen-bond acceptors (Lipinski definition) is 1. The first-order valence-corrected chi connectivity index (χ1v) is 7.00. The summed E-state index contributed by atoms with van der Waals surface area (Å²) in [5, 5.41) is 3.10. The Balaban J connectivity index is 1.86. The molecule has 0 radical (unpaired) electrons. The molecular weight excluding hydrogens is 278 g/mol. The van der Waals surface area contributed by atoms with E-state index in [9.17, 15) is 4.79 Å². The number of carbonyl (C=O) groups is 1. The van der Waals surface area contributed by atoms with Crippen molar-refractivity contribution in [1.29, 1.82) is 0 Å². The highest BCUT2D eigenvalue weighted by Crippen LogP contribution is 2.40. The minimum Gasteiger partial charge on any atom is -0.352 e. The molecule has 0 spiro atoms. The van der Waals surface area contributed by atoms with Crippen molar-refractivity contribution < 1.29 is 4.79 Å². The van der Waals surface area contributed by atoms with Gasteiger partial charge in [0.15, 0.2) is 0 Å². The Morgan fingerprint density at radius 3 is 2.59 bits per heavy atom. The maximum Gasteiger partial charge on any atom is 0.234 e. The monoisotopic (exact) mass is 295 g/mol. The fourth-order valence-corrected chi connectivity index (χ4v) is 2.12.